The zero-order chi connectivity index (χ0) is 36.0. The van der Waals surface area contributed by atoms with E-state index in [0.29, 0.717) is 36.5 Å². The topological polar surface area (TPSA) is 121 Å². The molecule has 0 spiro atoms. The van der Waals surface area contributed by atoms with Crippen LogP contribution in [0.1, 0.15) is 43.5 Å². The maximum atomic E-state index is 9.91. The van der Waals surface area contributed by atoms with Crippen molar-refractivity contribution in [2.45, 2.75) is 51.0 Å². The minimum absolute atomic E-state index is 0.0484. The van der Waals surface area contributed by atoms with Crippen molar-refractivity contribution >= 4 is 41.4 Å². The number of ether oxygens (including phenoxy) is 3. The summed E-state index contributed by atoms with van der Waals surface area (Å²) in [5.74, 6) is 0.423. The van der Waals surface area contributed by atoms with E-state index in [1.165, 1.54) is 6.20 Å². The van der Waals surface area contributed by atoms with Crippen molar-refractivity contribution in [3.63, 3.8) is 0 Å². The maximum absolute atomic E-state index is 9.91. The van der Waals surface area contributed by atoms with Gasteiger partial charge >= 0.3 is 0 Å². The van der Waals surface area contributed by atoms with Gasteiger partial charge in [0.15, 0.2) is 6.10 Å². The number of nitrogens with zero attached hydrogens (tertiary/aromatic N) is 6. The van der Waals surface area contributed by atoms with Crippen LogP contribution in [0.5, 0.6) is 5.88 Å². The molecule has 12 heteroatoms. The first-order valence-electron chi connectivity index (χ1n) is 17.7. The quantitative estimate of drug-likeness (QED) is 0.223. The zero-order valence-corrected chi connectivity index (χ0v) is 28.5. The standard InChI is InChI=1S/C36H41N7O4Si/c1-24-20-44-21-30(24)43-26(17-37)16-25-18-38-35(40-33(25)43)39-29-19-42(5)41-34(29)46-31-22-45-23-32(31)47-48(36(2,3)4,27-12-8-6-9-13-27)28-14-10-7-11-15-28/h6-16,18-19,24,30-32H,20-23H2,1-5H3,(H,38,39,40)/t24-,30-,31+,32+/m0/s1/i5D3. The van der Waals surface area contributed by atoms with Crippen molar-refractivity contribution in [2.24, 2.45) is 12.9 Å². The van der Waals surface area contributed by atoms with Crippen LogP contribution in [0.15, 0.2) is 79.1 Å². The summed E-state index contributed by atoms with van der Waals surface area (Å²) in [6, 6.07) is 24.6. The molecule has 0 aliphatic carbocycles. The Bertz CT molecular complexity index is 2000. The normalized spacial score (nSPS) is 22.6. The van der Waals surface area contributed by atoms with Crippen molar-refractivity contribution < 1.29 is 22.7 Å². The van der Waals surface area contributed by atoms with E-state index >= 15 is 0 Å². The number of aromatic nitrogens is 5. The van der Waals surface area contributed by atoms with Gasteiger partial charge in [-0.05, 0) is 21.5 Å². The van der Waals surface area contributed by atoms with E-state index in [9.17, 15) is 5.26 Å². The Morgan fingerprint density at radius 3 is 2.31 bits per heavy atom. The van der Waals surface area contributed by atoms with Gasteiger partial charge in [-0.25, -0.2) is 4.98 Å². The van der Waals surface area contributed by atoms with Crippen LogP contribution in [0.4, 0.5) is 11.6 Å². The van der Waals surface area contributed by atoms with Crippen LogP contribution in [-0.2, 0) is 20.9 Å². The largest absolute Gasteiger partial charge is 0.467 e. The molecule has 0 bridgehead atoms. The van der Waals surface area contributed by atoms with Crippen molar-refractivity contribution in [3.05, 3.63) is 84.8 Å². The predicted octanol–water partition coefficient (Wildman–Crippen LogP) is 4.71. The monoisotopic (exact) mass is 666 g/mol. The summed E-state index contributed by atoms with van der Waals surface area (Å²) in [7, 11) is -2.97. The third kappa shape index (κ3) is 5.77. The first kappa shape index (κ1) is 28.5. The molecule has 2 aliphatic rings. The average Bonchev–Trinajstić information content (AvgIpc) is 3.90. The lowest BCUT2D eigenvalue weighted by Gasteiger charge is -2.45. The van der Waals surface area contributed by atoms with Crippen molar-refractivity contribution in [1.82, 2.24) is 24.3 Å². The molecule has 48 heavy (non-hydrogen) atoms. The van der Waals surface area contributed by atoms with Crippen LogP contribution in [0.25, 0.3) is 11.0 Å². The van der Waals surface area contributed by atoms with Crippen LogP contribution in [0.3, 0.4) is 0 Å². The Labute approximate surface area is 285 Å². The Morgan fingerprint density at radius 2 is 1.69 bits per heavy atom. The van der Waals surface area contributed by atoms with Gasteiger partial charge in [0.25, 0.3) is 14.2 Å². The van der Waals surface area contributed by atoms with Gasteiger partial charge in [-0.3, -0.25) is 4.68 Å². The smallest absolute Gasteiger partial charge is 0.261 e. The molecular weight excluding hydrogens is 623 g/mol. The Balaban J connectivity index is 1.23. The molecule has 5 heterocycles. The number of hydrogen-bond acceptors (Lipinski definition) is 9. The number of anilines is 2. The lowest BCUT2D eigenvalue weighted by molar-refractivity contribution is 0.0808. The minimum Gasteiger partial charge on any atom is -0.467 e. The Hall–Kier alpha value is -4.54. The Kier molecular flexibility index (Phi) is 7.60. The molecular formula is C36H41N7O4Si. The molecule has 0 radical (unpaired) electrons. The number of nitriles is 1. The van der Waals surface area contributed by atoms with Gasteiger partial charge in [-0.2, -0.15) is 10.2 Å². The van der Waals surface area contributed by atoms with E-state index in [0.717, 1.165) is 15.1 Å². The summed E-state index contributed by atoms with van der Waals surface area (Å²) < 4.78 is 52.5. The van der Waals surface area contributed by atoms with Gasteiger partial charge in [-0.1, -0.05) is 88.4 Å². The minimum atomic E-state index is -2.97. The van der Waals surface area contributed by atoms with Gasteiger partial charge in [0.05, 0.1) is 38.7 Å². The molecule has 2 aromatic carbocycles. The summed E-state index contributed by atoms with van der Waals surface area (Å²) in [4.78, 5) is 9.26. The van der Waals surface area contributed by atoms with Crippen LogP contribution >= 0.6 is 0 Å². The number of rotatable bonds is 9. The van der Waals surface area contributed by atoms with Gasteiger partial charge in [0.2, 0.25) is 5.95 Å². The molecule has 2 aliphatic heterocycles. The molecule has 2 fully saturated rings. The highest BCUT2D eigenvalue weighted by atomic mass is 28.4. The zero-order valence-electron chi connectivity index (χ0n) is 30.5. The van der Waals surface area contributed by atoms with Crippen LogP contribution in [0, 0.1) is 17.2 Å². The number of aryl methyl sites for hydroxylation is 1. The van der Waals surface area contributed by atoms with E-state index in [1.54, 1.807) is 12.3 Å². The van der Waals surface area contributed by atoms with Crippen LogP contribution in [-0.4, -0.2) is 71.3 Å². The first-order valence-corrected chi connectivity index (χ1v) is 18.1. The summed E-state index contributed by atoms with van der Waals surface area (Å²) in [5, 5.41) is 20.1. The average molecular weight is 667 g/mol. The summed E-state index contributed by atoms with van der Waals surface area (Å²) in [6.07, 6.45) is 1.90. The molecule has 248 valence electrons. The number of fused-ring (bicyclic) bond motifs is 1. The van der Waals surface area contributed by atoms with E-state index in [2.05, 4.69) is 73.4 Å². The molecule has 3 aromatic heterocycles. The second-order valence-electron chi connectivity index (χ2n) is 13.5. The van der Waals surface area contributed by atoms with Crippen LogP contribution in [0.2, 0.25) is 5.04 Å². The molecule has 4 atom stereocenters. The lowest BCUT2D eigenvalue weighted by Crippen LogP contribution is -2.68. The summed E-state index contributed by atoms with van der Waals surface area (Å²) in [5.41, 5.74) is 1.30. The van der Waals surface area contributed by atoms with Crippen molar-refractivity contribution in [3.8, 4) is 11.9 Å². The number of benzene rings is 2. The second-order valence-corrected chi connectivity index (χ2v) is 17.7. The highest BCUT2D eigenvalue weighted by Gasteiger charge is 2.53. The van der Waals surface area contributed by atoms with Gasteiger partial charge in [-0.15, -0.1) is 5.10 Å². The fourth-order valence-electron chi connectivity index (χ4n) is 6.92. The van der Waals surface area contributed by atoms with Crippen LogP contribution < -0.4 is 20.4 Å². The third-order valence-electron chi connectivity index (χ3n) is 9.26. The van der Waals surface area contributed by atoms with Gasteiger partial charge < -0.3 is 28.5 Å². The third-order valence-corrected chi connectivity index (χ3v) is 14.3. The van der Waals surface area contributed by atoms with Gasteiger partial charge in [0, 0.05) is 28.6 Å². The molecule has 0 unspecified atom stereocenters. The van der Waals surface area contributed by atoms with Gasteiger partial charge in [0.1, 0.15) is 29.2 Å². The van der Waals surface area contributed by atoms with E-state index in [4.69, 9.17) is 27.7 Å². The molecule has 5 aromatic rings. The van der Waals surface area contributed by atoms with E-state index in [1.807, 2.05) is 41.0 Å². The first-order chi connectivity index (χ1) is 24.4. The number of nitrogens with one attached hydrogen (secondary N) is 1. The highest BCUT2D eigenvalue weighted by molar-refractivity contribution is 6.99. The summed E-state index contributed by atoms with van der Waals surface area (Å²) in [6.45, 7) is 7.69. The molecule has 7 rings (SSSR count). The fraction of sp³-hybridized carbons (Fsp3) is 0.389. The number of hydrogen-bond donors (Lipinski definition) is 1. The SMILES string of the molecule is [2H]C([2H])([2H])n1cc(Nc2ncc3cc(C#N)n([C@H]4COC[C@@H]4C)c3n2)c(O[C@@H]2COC[C@H]2O[Si](c2ccccc2)(c2ccccc2)C(C)(C)C)n1. The lowest BCUT2D eigenvalue weighted by atomic mass is 10.1. The molecule has 1 N–H and O–H groups in total. The molecule has 0 saturated carbocycles. The molecule has 0 amide bonds. The van der Waals surface area contributed by atoms with Crippen molar-refractivity contribution in [2.75, 3.05) is 31.7 Å². The van der Waals surface area contributed by atoms with E-state index in [-0.39, 0.29) is 41.1 Å². The molecule has 11 nitrogen and oxygen atoms in total. The maximum Gasteiger partial charge on any atom is 0.261 e. The second kappa shape index (κ2) is 12.8. The summed E-state index contributed by atoms with van der Waals surface area (Å²) >= 11 is 0. The fourth-order valence-corrected chi connectivity index (χ4v) is 11.6. The van der Waals surface area contributed by atoms with Crippen molar-refractivity contribution in [1.29, 1.82) is 5.26 Å². The van der Waals surface area contributed by atoms with E-state index < -0.39 is 27.5 Å². The molecule has 2 saturated heterocycles. The predicted molar refractivity (Wildman–Crippen MR) is 185 cm³/mol. The Morgan fingerprint density at radius 1 is 1.00 bits per heavy atom. The highest BCUT2D eigenvalue weighted by Crippen LogP contribution is 2.39.